The third-order valence-electron chi connectivity index (χ3n) is 18.3. The maximum Gasteiger partial charge on any atom is 0.354 e. The minimum Gasteiger partial charge on any atom is -0.481 e. The summed E-state index contributed by atoms with van der Waals surface area (Å²) in [4.78, 5) is 160. The van der Waals surface area contributed by atoms with E-state index < -0.39 is 103 Å². The van der Waals surface area contributed by atoms with E-state index in [1.165, 1.54) is 18.2 Å². The number of carbonyl (C=O) groups excluding carboxylic acids is 6. The zero-order valence-electron chi connectivity index (χ0n) is 70.1. The van der Waals surface area contributed by atoms with Gasteiger partial charge in [0.2, 0.25) is 17.7 Å². The Hall–Kier alpha value is -10.8. The number of nitrogens with zero attached hydrogens (tertiary/aromatic N) is 7. The molecule has 44 nitrogen and oxygen atoms in total. The Bertz CT molecular complexity index is 4140. The van der Waals surface area contributed by atoms with E-state index in [2.05, 4.69) is 90.7 Å². The molecule has 9 amide bonds. The molecule has 2 aromatic carbocycles. The fraction of sp³-hybridized carbons (Fsp3) is 0.556. The van der Waals surface area contributed by atoms with Gasteiger partial charge in [-0.15, -0.1) is 5.10 Å². The smallest absolute Gasteiger partial charge is 0.354 e. The van der Waals surface area contributed by atoms with Gasteiger partial charge in [-0.25, -0.2) is 53.0 Å². The Morgan fingerprint density at radius 3 is 1.44 bits per heavy atom. The summed E-state index contributed by atoms with van der Waals surface area (Å²) in [6.45, 7) is 6.16. The second-order valence-electron chi connectivity index (χ2n) is 28.2. The van der Waals surface area contributed by atoms with Crippen LogP contribution in [0.25, 0.3) is 11.3 Å². The Kier molecular flexibility index (Phi) is 53.0. The van der Waals surface area contributed by atoms with E-state index in [0.29, 0.717) is 127 Å². The van der Waals surface area contributed by atoms with E-state index in [1.54, 1.807) is 52.2 Å². The third-order valence-corrected chi connectivity index (χ3v) is 19.0. The number of unbranched alkanes of at least 4 members (excludes halogenated alkanes) is 3. The molecule has 0 radical (unpaired) electrons. The number of aromatic carboxylic acids is 2. The van der Waals surface area contributed by atoms with Crippen molar-refractivity contribution in [2.75, 3.05) is 175 Å². The number of rotatable bonds is 71. The summed E-state index contributed by atoms with van der Waals surface area (Å²) in [6.07, 6.45) is 2.78. The van der Waals surface area contributed by atoms with E-state index in [1.807, 2.05) is 29.2 Å². The molecule has 5 rings (SSSR count). The largest absolute Gasteiger partial charge is 0.481 e. The summed E-state index contributed by atoms with van der Waals surface area (Å²) in [5, 5.41) is 108. The number of aliphatic carboxylic acids is 4. The number of hydrogen-bond donors (Lipinski definition) is 17. The summed E-state index contributed by atoms with van der Waals surface area (Å²) in [5.41, 5.74) is 3.00. The molecule has 4 atom stereocenters. The van der Waals surface area contributed by atoms with E-state index >= 15 is 0 Å². The number of ether oxygens (including phenoxy) is 8. The van der Waals surface area contributed by atoms with Gasteiger partial charge < -0.3 is 127 Å². The first-order valence-electron chi connectivity index (χ1n) is 41.2. The van der Waals surface area contributed by atoms with Gasteiger partial charge in [-0.2, -0.15) is 0 Å². The second kappa shape index (κ2) is 63.1. The lowest BCUT2D eigenvalue weighted by Gasteiger charge is -2.22. The Balaban J connectivity index is 0.931. The molecule has 0 spiro atoms. The summed E-state index contributed by atoms with van der Waals surface area (Å²) in [6, 6.07) is 14.1. The Morgan fingerprint density at radius 1 is 0.429 bits per heavy atom. The van der Waals surface area contributed by atoms with Crippen molar-refractivity contribution in [2.45, 2.75) is 127 Å². The number of carbonyl (C=O) groups is 12. The molecule has 3 heterocycles. The molecule has 0 aliphatic carbocycles. The summed E-state index contributed by atoms with van der Waals surface area (Å²) in [7, 11) is 0. The number of pyridine rings is 2. The molecular formula is C81H117IN16O28. The normalized spacial score (nSPS) is 12.2. The number of benzene rings is 2. The maximum atomic E-state index is 13.8. The first-order chi connectivity index (χ1) is 60.8. The fourth-order valence-corrected chi connectivity index (χ4v) is 12.2. The zero-order chi connectivity index (χ0) is 91.5. The number of aliphatic hydroxyl groups is 2. The standard InChI is InChI=1S/C81H117IN16O28/c82-58-18-16-56(17-19-58)49-71(102)83-23-4-2-13-65(75(108)109)91-73(105)63(12-1-5-24-85-80(117)89-61-51-62(87-68(52-61)78(114)115)54-97(27-32-100)29-35-121-39-38-120-34-28-96(26-31-99)53-60-11-8-15-64(86-60)74(106)107)90-70(101)22-33-119-37-41-123-43-45-125-47-48-126-46-44-124-42-40-122-36-30-98-55-69(94-95-98)57-9-7-10-59(50-57)88-79(116)84-25-6-3-14-66(76(110)111)92-81(118)93-67(77(112)113)20-21-72(103)104/h7-11,15-19,50-52,55,63,65-67,99-100H,1-6,12-14,20-49,53-54H2,(H,83,102)(H,90,101)(H,91,105)(H,103,104)(H,106,107)(H,108,109)(H,110,111)(H,112,113)(H,114,115)(H2,84,88,116)(H2,92,93,118)(H2,85,87,89,117)/t63-,65-,66-,67-/m0/s1. The molecule has 0 saturated heterocycles. The highest BCUT2D eigenvalue weighted by molar-refractivity contribution is 14.1. The molecule has 0 bridgehead atoms. The highest BCUT2D eigenvalue weighted by Crippen LogP contribution is 2.22. The molecule has 17 N–H and O–H groups in total. The molecule has 3 aromatic heterocycles. The molecule has 5 aromatic rings. The van der Waals surface area contributed by atoms with Crippen LogP contribution in [0.4, 0.5) is 25.8 Å². The van der Waals surface area contributed by atoms with Crippen molar-refractivity contribution in [1.29, 1.82) is 0 Å². The number of urea groups is 3. The molecule has 126 heavy (non-hydrogen) atoms. The van der Waals surface area contributed by atoms with Gasteiger partial charge in [-0.05, 0) is 141 Å². The van der Waals surface area contributed by atoms with Gasteiger partial charge in [-0.1, -0.05) is 35.5 Å². The van der Waals surface area contributed by atoms with Crippen LogP contribution < -0.4 is 47.9 Å². The first-order valence-corrected chi connectivity index (χ1v) is 42.3. The predicted molar refractivity (Wildman–Crippen MR) is 458 cm³/mol. The summed E-state index contributed by atoms with van der Waals surface area (Å²) in [5.74, 6) is -9.38. The lowest BCUT2D eigenvalue weighted by Crippen LogP contribution is -2.51. The van der Waals surface area contributed by atoms with Gasteiger partial charge in [0.15, 0.2) is 5.69 Å². The van der Waals surface area contributed by atoms with Crippen LogP contribution in [0.15, 0.2) is 85.1 Å². The quantitative estimate of drug-likeness (QED) is 0.0196. The second-order valence-corrected chi connectivity index (χ2v) is 29.5. The van der Waals surface area contributed by atoms with Crippen molar-refractivity contribution in [2.24, 2.45) is 0 Å². The molecule has 0 aliphatic heterocycles. The number of nitrogens with one attached hydrogen (secondary N) is 9. The average molecular weight is 1890 g/mol. The van der Waals surface area contributed by atoms with Crippen LogP contribution in [-0.2, 0) is 97.5 Å². The Labute approximate surface area is 741 Å². The number of carboxylic acid groups (broad SMARTS) is 6. The van der Waals surface area contributed by atoms with E-state index in [0.717, 1.165) is 9.13 Å². The van der Waals surface area contributed by atoms with E-state index in [4.69, 9.17) is 43.0 Å². The number of hydrogen-bond acceptors (Lipinski definition) is 28. The zero-order valence-corrected chi connectivity index (χ0v) is 72.3. The molecule has 0 saturated carbocycles. The van der Waals surface area contributed by atoms with Crippen LogP contribution in [0.3, 0.4) is 0 Å². The predicted octanol–water partition coefficient (Wildman–Crippen LogP) is 2.49. The van der Waals surface area contributed by atoms with Crippen molar-refractivity contribution in [1.82, 2.24) is 72.0 Å². The van der Waals surface area contributed by atoms with Crippen molar-refractivity contribution < 1.29 is 136 Å². The fourth-order valence-electron chi connectivity index (χ4n) is 11.8. The highest BCUT2D eigenvalue weighted by Gasteiger charge is 2.28. The van der Waals surface area contributed by atoms with Gasteiger partial charge in [-0.3, -0.25) is 29.0 Å². The van der Waals surface area contributed by atoms with Crippen LogP contribution >= 0.6 is 22.6 Å². The van der Waals surface area contributed by atoms with Gasteiger partial charge in [0.05, 0.1) is 149 Å². The average Bonchev–Trinajstić information content (AvgIpc) is 1.49. The van der Waals surface area contributed by atoms with E-state index in [9.17, 15) is 93.3 Å². The lowest BCUT2D eigenvalue weighted by atomic mass is 10.1. The number of aromatic nitrogens is 5. The summed E-state index contributed by atoms with van der Waals surface area (Å²) >= 11 is 2.17. The molecule has 0 aliphatic rings. The number of carboxylic acids is 6. The van der Waals surface area contributed by atoms with Crippen molar-refractivity contribution in [3.05, 3.63) is 117 Å². The molecule has 696 valence electrons. The van der Waals surface area contributed by atoms with Crippen LogP contribution in [0.2, 0.25) is 0 Å². The summed E-state index contributed by atoms with van der Waals surface area (Å²) < 4.78 is 47.7. The van der Waals surface area contributed by atoms with Gasteiger partial charge in [0.25, 0.3) is 0 Å². The topological polar surface area (TPSA) is 612 Å². The van der Waals surface area contributed by atoms with Crippen LogP contribution in [0.5, 0.6) is 0 Å². The molecular weight excluding hydrogens is 1770 g/mol. The van der Waals surface area contributed by atoms with Crippen LogP contribution in [0, 0.1) is 3.57 Å². The monoisotopic (exact) mass is 1890 g/mol. The lowest BCUT2D eigenvalue weighted by molar-refractivity contribution is -0.142. The third kappa shape index (κ3) is 47.5. The van der Waals surface area contributed by atoms with E-state index in [-0.39, 0.29) is 179 Å². The van der Waals surface area contributed by atoms with Gasteiger partial charge >= 0.3 is 53.9 Å². The van der Waals surface area contributed by atoms with Crippen molar-refractivity contribution in [3.8, 4) is 11.3 Å². The van der Waals surface area contributed by atoms with Crippen molar-refractivity contribution >= 4 is 106 Å². The SMILES string of the molecule is O=C(O)CC[C@H](NC(=O)N[C@@H](CCCCNC(=O)Nc1cccc(-c2cn(CCOCCOCCOCCOCCOCCOCCC(=O)N[C@@H](CCCCNC(=O)Nc3cc(CN(CCO)CCOCCOCCN(CCO)Cc4cccc(C(=O)O)n4)nc(C(=O)O)c3)C(=O)N[C@@H](CCCCNC(=O)Cc3ccc(I)cc3)C(=O)O)nn2)c1)C(=O)O)C(=O)O. The number of anilines is 2. The number of amides is 9. The Morgan fingerprint density at radius 2 is 0.905 bits per heavy atom. The minimum absolute atomic E-state index is 0.0280. The van der Waals surface area contributed by atoms with Crippen molar-refractivity contribution in [3.63, 3.8) is 0 Å². The molecule has 0 fully saturated rings. The maximum absolute atomic E-state index is 13.8. The number of aliphatic hydroxyl groups excluding tert-OH is 2. The molecule has 0 unspecified atom stereocenters. The number of halogens is 1. The van der Waals surface area contributed by atoms with Gasteiger partial charge in [0.1, 0.15) is 35.6 Å². The van der Waals surface area contributed by atoms with Crippen LogP contribution in [-0.4, -0.2) is 336 Å². The highest BCUT2D eigenvalue weighted by atomic mass is 127. The van der Waals surface area contributed by atoms with Gasteiger partial charge in [0, 0.05) is 92.3 Å². The first kappa shape index (κ1) is 106. The molecule has 45 heteroatoms. The minimum atomic E-state index is -1.53. The van der Waals surface area contributed by atoms with Crippen LogP contribution in [0.1, 0.15) is 115 Å².